The summed E-state index contributed by atoms with van der Waals surface area (Å²) in [5.74, 6) is 0.418. The first-order chi connectivity index (χ1) is 16.1. The zero-order valence-electron chi connectivity index (χ0n) is 18.8. The molecular weight excluding hydrogens is 408 g/mol. The standard InChI is InChI=1S/C29H26N2O2/c1-3-19-7-9-20(10-8-19)18-31-26-6-4-5-25(29(30)32)28(26)24-16-13-22(17-27(24)31)21-11-14-23(33-2)15-12-21/h4-17H,3,18H2,1-2H3,(H2,30,32). The van der Waals surface area contributed by atoms with Crippen molar-refractivity contribution in [3.05, 3.63) is 102 Å². The van der Waals surface area contributed by atoms with Crippen LogP contribution in [0.2, 0.25) is 0 Å². The Kier molecular flexibility index (Phi) is 5.35. The van der Waals surface area contributed by atoms with Crippen molar-refractivity contribution in [3.8, 4) is 16.9 Å². The molecular formula is C29H26N2O2. The molecule has 5 aromatic rings. The van der Waals surface area contributed by atoms with Crippen molar-refractivity contribution in [2.45, 2.75) is 19.9 Å². The maximum absolute atomic E-state index is 12.2. The topological polar surface area (TPSA) is 57.2 Å². The van der Waals surface area contributed by atoms with Gasteiger partial charge in [0.25, 0.3) is 0 Å². The monoisotopic (exact) mass is 434 g/mol. The number of ether oxygens (including phenoxy) is 1. The first kappa shape index (κ1) is 20.8. The minimum atomic E-state index is -0.411. The van der Waals surface area contributed by atoms with Crippen molar-refractivity contribution in [2.24, 2.45) is 5.73 Å². The van der Waals surface area contributed by atoms with Crippen molar-refractivity contribution in [3.63, 3.8) is 0 Å². The highest BCUT2D eigenvalue weighted by atomic mass is 16.5. The van der Waals surface area contributed by atoms with Crippen LogP contribution >= 0.6 is 0 Å². The number of nitrogens with zero attached hydrogens (tertiary/aromatic N) is 1. The molecule has 0 aliphatic carbocycles. The Morgan fingerprint density at radius 2 is 1.55 bits per heavy atom. The number of aryl methyl sites for hydroxylation is 1. The first-order valence-corrected chi connectivity index (χ1v) is 11.2. The van der Waals surface area contributed by atoms with Crippen molar-refractivity contribution in [1.82, 2.24) is 4.57 Å². The lowest BCUT2D eigenvalue weighted by Crippen LogP contribution is -2.11. The Labute approximate surface area is 193 Å². The number of aromatic nitrogens is 1. The Bertz CT molecular complexity index is 1460. The van der Waals surface area contributed by atoms with Gasteiger partial charge in [0.2, 0.25) is 5.91 Å². The maximum Gasteiger partial charge on any atom is 0.249 e. The SMILES string of the molecule is CCc1ccc(Cn2c3cc(-c4ccc(OC)cc4)ccc3c3c(C(N)=O)cccc32)cc1. The van der Waals surface area contributed by atoms with Gasteiger partial charge >= 0.3 is 0 Å². The number of hydrogen-bond donors (Lipinski definition) is 1. The molecule has 164 valence electrons. The van der Waals surface area contributed by atoms with Crippen LogP contribution in [0.1, 0.15) is 28.4 Å². The Balaban J connectivity index is 1.73. The van der Waals surface area contributed by atoms with Crippen LogP contribution in [-0.2, 0) is 13.0 Å². The number of nitrogens with two attached hydrogens (primary N) is 1. The molecule has 4 nitrogen and oxygen atoms in total. The van der Waals surface area contributed by atoms with E-state index in [1.807, 2.05) is 24.3 Å². The van der Waals surface area contributed by atoms with Crippen LogP contribution in [0.5, 0.6) is 5.75 Å². The van der Waals surface area contributed by atoms with E-state index >= 15 is 0 Å². The summed E-state index contributed by atoms with van der Waals surface area (Å²) in [7, 11) is 1.67. The summed E-state index contributed by atoms with van der Waals surface area (Å²) < 4.78 is 7.59. The van der Waals surface area contributed by atoms with Gasteiger partial charge in [-0.2, -0.15) is 0 Å². The molecule has 1 aromatic heterocycles. The number of benzene rings is 4. The van der Waals surface area contributed by atoms with E-state index in [1.54, 1.807) is 7.11 Å². The number of carbonyl (C=O) groups excluding carboxylic acids is 1. The second-order valence-corrected chi connectivity index (χ2v) is 8.28. The van der Waals surface area contributed by atoms with Crippen molar-refractivity contribution >= 4 is 27.7 Å². The van der Waals surface area contributed by atoms with E-state index in [2.05, 4.69) is 72.2 Å². The molecule has 4 heteroatoms. The summed E-state index contributed by atoms with van der Waals surface area (Å²) in [4.78, 5) is 12.2. The summed E-state index contributed by atoms with van der Waals surface area (Å²) >= 11 is 0. The molecule has 2 N–H and O–H groups in total. The van der Waals surface area contributed by atoms with Crippen LogP contribution in [0.4, 0.5) is 0 Å². The van der Waals surface area contributed by atoms with Crippen LogP contribution < -0.4 is 10.5 Å². The highest BCUT2D eigenvalue weighted by Crippen LogP contribution is 2.35. The highest BCUT2D eigenvalue weighted by molar-refractivity contribution is 6.18. The zero-order chi connectivity index (χ0) is 22.9. The number of primary amides is 1. The van der Waals surface area contributed by atoms with Crippen LogP contribution in [-0.4, -0.2) is 17.6 Å². The van der Waals surface area contributed by atoms with E-state index in [-0.39, 0.29) is 0 Å². The van der Waals surface area contributed by atoms with E-state index in [9.17, 15) is 4.79 Å². The highest BCUT2D eigenvalue weighted by Gasteiger charge is 2.17. The largest absolute Gasteiger partial charge is 0.497 e. The second-order valence-electron chi connectivity index (χ2n) is 8.28. The first-order valence-electron chi connectivity index (χ1n) is 11.2. The third kappa shape index (κ3) is 3.74. The fraction of sp³-hybridized carbons (Fsp3) is 0.138. The molecule has 0 saturated carbocycles. The van der Waals surface area contributed by atoms with Gasteiger partial charge in [-0.1, -0.05) is 61.5 Å². The molecule has 33 heavy (non-hydrogen) atoms. The van der Waals surface area contributed by atoms with E-state index in [4.69, 9.17) is 10.5 Å². The van der Waals surface area contributed by atoms with Gasteiger partial charge < -0.3 is 15.0 Å². The molecule has 4 aromatic carbocycles. The van der Waals surface area contributed by atoms with E-state index < -0.39 is 5.91 Å². The van der Waals surface area contributed by atoms with Crippen molar-refractivity contribution in [1.29, 1.82) is 0 Å². The quantitative estimate of drug-likeness (QED) is 0.347. The molecule has 0 aliphatic heterocycles. The lowest BCUT2D eigenvalue weighted by molar-refractivity contribution is 0.100. The van der Waals surface area contributed by atoms with Crippen molar-refractivity contribution < 1.29 is 9.53 Å². The average molecular weight is 435 g/mol. The molecule has 0 radical (unpaired) electrons. The Morgan fingerprint density at radius 3 is 2.21 bits per heavy atom. The predicted molar refractivity (Wildman–Crippen MR) is 135 cm³/mol. The lowest BCUT2D eigenvalue weighted by Gasteiger charge is -2.10. The third-order valence-electron chi connectivity index (χ3n) is 6.35. The molecule has 1 heterocycles. The van der Waals surface area contributed by atoms with Crippen LogP contribution in [0.15, 0.2) is 84.9 Å². The maximum atomic E-state index is 12.2. The van der Waals surface area contributed by atoms with Gasteiger partial charge in [-0.25, -0.2) is 0 Å². The van der Waals surface area contributed by atoms with Gasteiger partial charge in [0.1, 0.15) is 5.75 Å². The number of amides is 1. The van der Waals surface area contributed by atoms with Gasteiger partial charge in [0.15, 0.2) is 0 Å². The zero-order valence-corrected chi connectivity index (χ0v) is 18.8. The number of rotatable bonds is 6. The smallest absolute Gasteiger partial charge is 0.249 e. The second kappa shape index (κ2) is 8.47. The van der Waals surface area contributed by atoms with Crippen molar-refractivity contribution in [2.75, 3.05) is 7.11 Å². The molecule has 5 rings (SSSR count). The summed E-state index contributed by atoms with van der Waals surface area (Å²) in [5.41, 5.74) is 13.1. The molecule has 0 fully saturated rings. The molecule has 0 spiro atoms. The number of carbonyl (C=O) groups is 1. The van der Waals surface area contributed by atoms with Gasteiger partial charge in [-0.05, 0) is 59.0 Å². The van der Waals surface area contributed by atoms with Gasteiger partial charge in [0, 0.05) is 22.9 Å². The van der Waals surface area contributed by atoms with E-state index in [0.29, 0.717) is 12.1 Å². The van der Waals surface area contributed by atoms with Crippen LogP contribution in [0, 0.1) is 0 Å². The van der Waals surface area contributed by atoms with Gasteiger partial charge in [-0.3, -0.25) is 4.79 Å². The summed E-state index contributed by atoms with van der Waals surface area (Å²) in [6, 6.07) is 29.0. The third-order valence-corrected chi connectivity index (χ3v) is 6.35. The van der Waals surface area contributed by atoms with E-state index in [0.717, 1.165) is 45.1 Å². The number of methoxy groups -OCH3 is 1. The minimum absolute atomic E-state index is 0.411. The Morgan fingerprint density at radius 1 is 0.848 bits per heavy atom. The summed E-state index contributed by atoms with van der Waals surface area (Å²) in [6.07, 6.45) is 1.02. The predicted octanol–water partition coefficient (Wildman–Crippen LogP) is 6.18. The average Bonchev–Trinajstić information content (AvgIpc) is 3.17. The molecule has 0 atom stereocenters. The number of hydrogen-bond acceptors (Lipinski definition) is 2. The van der Waals surface area contributed by atoms with Crippen LogP contribution in [0.25, 0.3) is 32.9 Å². The van der Waals surface area contributed by atoms with E-state index in [1.165, 1.54) is 11.1 Å². The van der Waals surface area contributed by atoms with Crippen LogP contribution in [0.3, 0.4) is 0 Å². The minimum Gasteiger partial charge on any atom is -0.497 e. The number of fused-ring (bicyclic) bond motifs is 3. The molecule has 0 bridgehead atoms. The van der Waals surface area contributed by atoms with Gasteiger partial charge in [-0.15, -0.1) is 0 Å². The lowest BCUT2D eigenvalue weighted by atomic mass is 10.0. The molecule has 0 saturated heterocycles. The Hall–Kier alpha value is -4.05. The van der Waals surface area contributed by atoms with Gasteiger partial charge in [0.05, 0.1) is 18.1 Å². The normalized spacial score (nSPS) is 11.2. The molecule has 1 amide bonds. The summed E-state index contributed by atoms with van der Waals surface area (Å²) in [6.45, 7) is 2.87. The fourth-order valence-corrected chi connectivity index (χ4v) is 4.55. The fourth-order valence-electron chi connectivity index (χ4n) is 4.55. The molecule has 0 aliphatic rings. The summed E-state index contributed by atoms with van der Waals surface area (Å²) in [5, 5.41) is 1.94. The molecule has 0 unspecified atom stereocenters.